The molecule has 1 heterocycles. The second-order valence-electron chi connectivity index (χ2n) is 5.71. The molecule has 0 bridgehead atoms. The van der Waals surface area contributed by atoms with Gasteiger partial charge in [-0.05, 0) is 46.3 Å². The summed E-state index contributed by atoms with van der Waals surface area (Å²) in [5, 5.41) is 16.5. The molecular formula is C18H18N6O3. The molecule has 0 aliphatic heterocycles. The molecule has 3 aromatic rings. The van der Waals surface area contributed by atoms with Gasteiger partial charge in [-0.2, -0.15) is 0 Å². The van der Waals surface area contributed by atoms with Crippen LogP contribution in [0.5, 0.6) is 0 Å². The number of nitrogens with zero attached hydrogens (tertiary/aromatic N) is 4. The minimum absolute atomic E-state index is 0.0305. The Labute approximate surface area is 155 Å². The van der Waals surface area contributed by atoms with E-state index < -0.39 is 0 Å². The number of rotatable bonds is 7. The van der Waals surface area contributed by atoms with Gasteiger partial charge in [0.05, 0.1) is 12.1 Å². The Bertz CT molecular complexity index is 909. The molecule has 9 heteroatoms. The largest absolute Gasteiger partial charge is 0.375 e. The maximum absolute atomic E-state index is 12.3. The van der Waals surface area contributed by atoms with Gasteiger partial charge in [-0.15, -0.1) is 5.10 Å². The van der Waals surface area contributed by atoms with Crippen LogP contribution in [0, 0.1) is 0 Å². The Kier molecular flexibility index (Phi) is 5.85. The summed E-state index contributed by atoms with van der Waals surface area (Å²) in [5.74, 6) is -0.422. The molecule has 9 nitrogen and oxygen atoms in total. The molecule has 2 aromatic carbocycles. The molecule has 0 aliphatic rings. The molecular weight excluding hydrogens is 348 g/mol. The minimum atomic E-state index is -0.261. The minimum Gasteiger partial charge on any atom is -0.375 e. The van der Waals surface area contributed by atoms with Gasteiger partial charge in [-0.25, -0.2) is 4.68 Å². The molecule has 0 aliphatic carbocycles. The van der Waals surface area contributed by atoms with Gasteiger partial charge in [0.25, 0.3) is 0 Å². The van der Waals surface area contributed by atoms with Gasteiger partial charge in [0, 0.05) is 18.5 Å². The van der Waals surface area contributed by atoms with Gasteiger partial charge in [-0.3, -0.25) is 9.59 Å². The van der Waals surface area contributed by atoms with Crippen molar-refractivity contribution in [2.75, 3.05) is 24.4 Å². The summed E-state index contributed by atoms with van der Waals surface area (Å²) in [5.41, 5.74) is 2.85. The number of hydrogen-bond donors (Lipinski definition) is 2. The van der Waals surface area contributed by atoms with E-state index in [4.69, 9.17) is 4.74 Å². The van der Waals surface area contributed by atoms with E-state index >= 15 is 0 Å². The zero-order chi connectivity index (χ0) is 19.1. The molecule has 0 unspecified atom stereocenters. The lowest BCUT2D eigenvalue weighted by molar-refractivity contribution is -0.119. The first-order valence-electron chi connectivity index (χ1n) is 8.15. The number of anilines is 2. The highest BCUT2D eigenvalue weighted by Gasteiger charge is 2.07. The van der Waals surface area contributed by atoms with Crippen LogP contribution in [0.4, 0.5) is 11.4 Å². The molecule has 0 saturated carbocycles. The topological polar surface area (TPSA) is 111 Å². The van der Waals surface area contributed by atoms with Crippen LogP contribution in [-0.4, -0.2) is 45.7 Å². The first kappa shape index (κ1) is 18.2. The average molecular weight is 366 g/mol. The number of amides is 2. The number of hydrogen-bond acceptors (Lipinski definition) is 6. The van der Waals surface area contributed by atoms with E-state index in [0.717, 1.165) is 11.3 Å². The van der Waals surface area contributed by atoms with Crippen LogP contribution >= 0.6 is 0 Å². The van der Waals surface area contributed by atoms with Crippen LogP contribution < -0.4 is 10.6 Å². The third-order valence-electron chi connectivity index (χ3n) is 3.62. The monoisotopic (exact) mass is 366 g/mol. The smallest absolute Gasteiger partial charge is 0.250 e. The first-order chi connectivity index (χ1) is 13.1. The standard InChI is InChI=1S/C18H18N6O3/c1-27-11-18(26)21-15-4-2-3-14(10-15)20-17(25)9-13-5-7-16(8-6-13)24-12-19-22-23-24/h2-8,10,12H,9,11H2,1H3,(H,20,25)(H,21,26). The van der Waals surface area contributed by atoms with E-state index in [2.05, 4.69) is 26.2 Å². The number of tetrazole rings is 1. The lowest BCUT2D eigenvalue weighted by Crippen LogP contribution is -2.18. The van der Waals surface area contributed by atoms with Crippen LogP contribution in [-0.2, 0) is 20.7 Å². The number of benzene rings is 2. The zero-order valence-electron chi connectivity index (χ0n) is 14.6. The molecule has 2 amide bonds. The summed E-state index contributed by atoms with van der Waals surface area (Å²) in [6.45, 7) is -0.0305. The van der Waals surface area contributed by atoms with Crippen molar-refractivity contribution in [2.24, 2.45) is 0 Å². The first-order valence-corrected chi connectivity index (χ1v) is 8.15. The molecule has 3 rings (SSSR count). The van der Waals surface area contributed by atoms with Crippen molar-refractivity contribution in [1.29, 1.82) is 0 Å². The van der Waals surface area contributed by atoms with Crippen molar-refractivity contribution < 1.29 is 14.3 Å². The Morgan fingerprint density at radius 2 is 1.74 bits per heavy atom. The quantitative estimate of drug-likeness (QED) is 0.654. The van der Waals surface area contributed by atoms with E-state index in [1.807, 2.05) is 24.3 Å². The fraction of sp³-hybridized carbons (Fsp3) is 0.167. The van der Waals surface area contributed by atoms with E-state index in [0.29, 0.717) is 11.4 Å². The van der Waals surface area contributed by atoms with Gasteiger partial charge >= 0.3 is 0 Å². The normalized spacial score (nSPS) is 10.4. The Morgan fingerprint density at radius 3 is 2.37 bits per heavy atom. The number of carbonyl (C=O) groups excluding carboxylic acids is 2. The third kappa shape index (κ3) is 5.19. The number of ether oxygens (including phenoxy) is 1. The highest BCUT2D eigenvalue weighted by molar-refractivity contribution is 5.95. The van der Waals surface area contributed by atoms with Crippen LogP contribution in [0.15, 0.2) is 54.9 Å². The molecule has 0 fully saturated rings. The maximum atomic E-state index is 12.3. The zero-order valence-corrected chi connectivity index (χ0v) is 14.6. The lowest BCUT2D eigenvalue weighted by Gasteiger charge is -2.09. The van der Waals surface area contributed by atoms with Crippen molar-refractivity contribution in [1.82, 2.24) is 20.2 Å². The second-order valence-corrected chi connectivity index (χ2v) is 5.71. The van der Waals surface area contributed by atoms with Gasteiger partial charge < -0.3 is 15.4 Å². The van der Waals surface area contributed by atoms with Gasteiger partial charge in [0.1, 0.15) is 12.9 Å². The molecule has 0 saturated heterocycles. The fourth-order valence-corrected chi connectivity index (χ4v) is 2.44. The number of aromatic nitrogens is 4. The molecule has 0 atom stereocenters. The predicted octanol–water partition coefficient (Wildman–Crippen LogP) is 1.43. The Morgan fingerprint density at radius 1 is 1.04 bits per heavy atom. The maximum Gasteiger partial charge on any atom is 0.250 e. The van der Waals surface area contributed by atoms with Crippen molar-refractivity contribution in [3.05, 3.63) is 60.4 Å². The molecule has 0 radical (unpaired) electrons. The molecule has 138 valence electrons. The van der Waals surface area contributed by atoms with Crippen molar-refractivity contribution in [2.45, 2.75) is 6.42 Å². The summed E-state index contributed by atoms with van der Waals surface area (Å²) in [7, 11) is 1.45. The Balaban J connectivity index is 1.58. The van der Waals surface area contributed by atoms with Gasteiger partial charge in [-0.1, -0.05) is 18.2 Å². The van der Waals surface area contributed by atoms with Crippen molar-refractivity contribution in [3.63, 3.8) is 0 Å². The Hall–Kier alpha value is -3.59. The summed E-state index contributed by atoms with van der Waals surface area (Å²) < 4.78 is 6.31. The van der Waals surface area contributed by atoms with Crippen LogP contribution in [0.25, 0.3) is 5.69 Å². The number of nitrogens with one attached hydrogen (secondary N) is 2. The average Bonchev–Trinajstić information content (AvgIpc) is 3.17. The fourth-order valence-electron chi connectivity index (χ4n) is 2.44. The molecule has 1 aromatic heterocycles. The SMILES string of the molecule is COCC(=O)Nc1cccc(NC(=O)Cc2ccc(-n3cnnn3)cc2)c1. The van der Waals surface area contributed by atoms with E-state index in [9.17, 15) is 9.59 Å². The van der Waals surface area contributed by atoms with E-state index in [1.165, 1.54) is 18.1 Å². The van der Waals surface area contributed by atoms with E-state index in [1.54, 1.807) is 24.3 Å². The third-order valence-corrected chi connectivity index (χ3v) is 3.62. The predicted molar refractivity (Wildman–Crippen MR) is 98.4 cm³/mol. The number of methoxy groups -OCH3 is 1. The van der Waals surface area contributed by atoms with Crippen molar-refractivity contribution in [3.8, 4) is 5.69 Å². The van der Waals surface area contributed by atoms with Crippen LogP contribution in [0.3, 0.4) is 0 Å². The van der Waals surface area contributed by atoms with Crippen molar-refractivity contribution >= 4 is 23.2 Å². The summed E-state index contributed by atoms with van der Waals surface area (Å²) in [4.78, 5) is 23.8. The molecule has 0 spiro atoms. The number of carbonyl (C=O) groups is 2. The molecule has 27 heavy (non-hydrogen) atoms. The highest BCUT2D eigenvalue weighted by Crippen LogP contribution is 2.16. The van der Waals surface area contributed by atoms with Crippen LogP contribution in [0.1, 0.15) is 5.56 Å². The van der Waals surface area contributed by atoms with Gasteiger partial charge in [0.15, 0.2) is 0 Å². The second kappa shape index (κ2) is 8.68. The van der Waals surface area contributed by atoms with Gasteiger partial charge in [0.2, 0.25) is 11.8 Å². The lowest BCUT2D eigenvalue weighted by atomic mass is 10.1. The summed E-state index contributed by atoms with van der Waals surface area (Å²) >= 11 is 0. The summed E-state index contributed by atoms with van der Waals surface area (Å²) in [6.07, 6.45) is 1.72. The summed E-state index contributed by atoms with van der Waals surface area (Å²) in [6, 6.07) is 14.3. The van der Waals surface area contributed by atoms with E-state index in [-0.39, 0.29) is 24.8 Å². The highest BCUT2D eigenvalue weighted by atomic mass is 16.5. The van der Waals surface area contributed by atoms with Crippen LogP contribution in [0.2, 0.25) is 0 Å². The molecule has 2 N–H and O–H groups in total.